The molecular formula is C21H22N6OS. The van der Waals surface area contributed by atoms with E-state index in [0.29, 0.717) is 5.82 Å². The fourth-order valence-corrected chi connectivity index (χ4v) is 5.01. The first-order valence-electron chi connectivity index (χ1n) is 9.89. The molecule has 0 fully saturated rings. The molecule has 0 unspecified atom stereocenters. The zero-order chi connectivity index (χ0) is 19.6. The lowest BCUT2D eigenvalue weighted by molar-refractivity contribution is 0.126. The lowest BCUT2D eigenvalue weighted by atomic mass is 10.1. The molecule has 0 atom stereocenters. The van der Waals surface area contributed by atoms with Crippen LogP contribution in [-0.2, 0) is 24.4 Å². The van der Waals surface area contributed by atoms with Crippen LogP contribution in [0.1, 0.15) is 35.2 Å². The molecule has 0 N–H and O–H groups in total. The number of hydrogen-bond donors (Lipinski definition) is 0. The highest BCUT2D eigenvalue weighted by Crippen LogP contribution is 2.35. The summed E-state index contributed by atoms with van der Waals surface area (Å²) in [6.07, 6.45) is 5.65. The van der Waals surface area contributed by atoms with Crippen LogP contribution in [0.5, 0.6) is 0 Å². The molecule has 0 saturated heterocycles. The minimum Gasteiger partial charge on any atom is -0.387 e. The molecule has 0 radical (unpaired) electrons. The van der Waals surface area contributed by atoms with Gasteiger partial charge in [-0.3, -0.25) is 4.90 Å². The molecule has 7 nitrogen and oxygen atoms in total. The normalized spacial score (nSPS) is 14.8. The van der Waals surface area contributed by atoms with Crippen molar-refractivity contribution in [1.82, 2.24) is 24.5 Å². The van der Waals surface area contributed by atoms with Crippen molar-refractivity contribution >= 4 is 33.4 Å². The van der Waals surface area contributed by atoms with Gasteiger partial charge in [0.05, 0.1) is 11.6 Å². The lowest BCUT2D eigenvalue weighted by Gasteiger charge is -2.26. The molecule has 0 amide bonds. The minimum atomic E-state index is 0.225. The highest BCUT2D eigenvalue weighted by atomic mass is 32.1. The average Bonchev–Trinajstić information content (AvgIpc) is 3.32. The fourth-order valence-electron chi connectivity index (χ4n) is 3.79. The third kappa shape index (κ3) is 3.61. The van der Waals surface area contributed by atoms with Gasteiger partial charge >= 0.3 is 0 Å². The number of nitrogens with zero attached hydrogens (tertiary/aromatic N) is 6. The van der Waals surface area contributed by atoms with Gasteiger partial charge in [0.25, 0.3) is 0 Å². The van der Waals surface area contributed by atoms with Crippen LogP contribution in [0, 0.1) is 0 Å². The summed E-state index contributed by atoms with van der Waals surface area (Å²) in [6, 6.07) is 9.84. The smallest absolute Gasteiger partial charge is 0.192 e. The molecule has 0 saturated carbocycles. The zero-order valence-corrected chi connectivity index (χ0v) is 17.1. The van der Waals surface area contributed by atoms with E-state index in [1.807, 2.05) is 30.3 Å². The van der Waals surface area contributed by atoms with Crippen LogP contribution in [0.25, 0.3) is 15.9 Å². The molecule has 148 valence electrons. The van der Waals surface area contributed by atoms with E-state index in [0.717, 1.165) is 47.5 Å². The van der Waals surface area contributed by atoms with Gasteiger partial charge in [0, 0.05) is 18.0 Å². The molecule has 29 heavy (non-hydrogen) atoms. The summed E-state index contributed by atoms with van der Waals surface area (Å²) in [5.74, 6) is 0.605. The Hall–Kier alpha value is -2.84. The number of rotatable bonds is 6. The van der Waals surface area contributed by atoms with E-state index in [-0.39, 0.29) is 6.61 Å². The minimum absolute atomic E-state index is 0.225. The van der Waals surface area contributed by atoms with Gasteiger partial charge in [0.1, 0.15) is 11.2 Å². The first-order valence-corrected chi connectivity index (χ1v) is 10.7. The summed E-state index contributed by atoms with van der Waals surface area (Å²) in [4.78, 5) is 19.7. The summed E-state index contributed by atoms with van der Waals surface area (Å²) in [6.45, 7) is 5.70. The quantitative estimate of drug-likeness (QED) is 0.361. The second-order valence-corrected chi connectivity index (χ2v) is 8.25. The summed E-state index contributed by atoms with van der Waals surface area (Å²) in [5.41, 5.74) is 3.24. The van der Waals surface area contributed by atoms with Crippen molar-refractivity contribution in [2.75, 3.05) is 13.1 Å². The van der Waals surface area contributed by atoms with Gasteiger partial charge < -0.3 is 4.84 Å². The van der Waals surface area contributed by atoms with Crippen molar-refractivity contribution in [3.05, 3.63) is 58.5 Å². The van der Waals surface area contributed by atoms with Gasteiger partial charge in [-0.1, -0.05) is 42.4 Å². The van der Waals surface area contributed by atoms with Crippen LogP contribution in [0.3, 0.4) is 0 Å². The standard InChI is InChI=1S/C21H22N6OS/c1-2-9-26-10-8-16-17(12-26)29-21-19(16)20-24-18(25-27(20)14-22-21)13-28-23-11-15-6-4-3-5-7-15/h3-7,11,14H,2,8-10,12-13H2,1H3. The number of fused-ring (bicyclic) bond motifs is 5. The van der Waals surface area contributed by atoms with Crippen molar-refractivity contribution in [2.45, 2.75) is 32.9 Å². The van der Waals surface area contributed by atoms with Crippen molar-refractivity contribution < 1.29 is 4.84 Å². The second kappa shape index (κ2) is 7.88. The highest BCUT2D eigenvalue weighted by molar-refractivity contribution is 7.19. The summed E-state index contributed by atoms with van der Waals surface area (Å²) >= 11 is 1.78. The molecule has 0 spiro atoms. The van der Waals surface area contributed by atoms with Crippen molar-refractivity contribution in [2.24, 2.45) is 5.16 Å². The Kier molecular flexibility index (Phi) is 4.95. The number of aromatic nitrogens is 4. The van der Waals surface area contributed by atoms with E-state index in [9.17, 15) is 0 Å². The van der Waals surface area contributed by atoms with Gasteiger partial charge in [0.15, 0.2) is 18.1 Å². The second-order valence-electron chi connectivity index (χ2n) is 7.17. The van der Waals surface area contributed by atoms with Crippen LogP contribution >= 0.6 is 11.3 Å². The van der Waals surface area contributed by atoms with E-state index in [1.165, 1.54) is 16.9 Å². The lowest BCUT2D eigenvalue weighted by Crippen LogP contribution is -2.30. The molecule has 0 aliphatic carbocycles. The summed E-state index contributed by atoms with van der Waals surface area (Å²) in [7, 11) is 0. The van der Waals surface area contributed by atoms with Crippen LogP contribution in [0.4, 0.5) is 0 Å². The third-order valence-electron chi connectivity index (χ3n) is 5.11. The maximum atomic E-state index is 5.41. The Bertz CT molecular complexity index is 1170. The van der Waals surface area contributed by atoms with Crippen molar-refractivity contribution in [1.29, 1.82) is 0 Å². The molecule has 1 aliphatic heterocycles. The first-order chi connectivity index (χ1) is 14.3. The van der Waals surface area contributed by atoms with Gasteiger partial charge in [-0.25, -0.2) is 14.5 Å². The Morgan fingerprint density at radius 2 is 2.17 bits per heavy atom. The van der Waals surface area contributed by atoms with Crippen LogP contribution in [0.15, 0.2) is 41.8 Å². The number of hydrogen-bond acceptors (Lipinski definition) is 7. The maximum absolute atomic E-state index is 5.41. The van der Waals surface area contributed by atoms with Crippen LogP contribution in [-0.4, -0.2) is 43.8 Å². The topological polar surface area (TPSA) is 67.9 Å². The summed E-state index contributed by atoms with van der Waals surface area (Å²) < 4.78 is 1.76. The Morgan fingerprint density at radius 3 is 3.03 bits per heavy atom. The average molecular weight is 407 g/mol. The van der Waals surface area contributed by atoms with Crippen molar-refractivity contribution in [3.63, 3.8) is 0 Å². The molecule has 4 aromatic rings. The molecule has 5 rings (SSSR count). The van der Waals surface area contributed by atoms with Gasteiger partial charge in [-0.05, 0) is 30.5 Å². The predicted molar refractivity (Wildman–Crippen MR) is 114 cm³/mol. The largest absolute Gasteiger partial charge is 0.387 e. The molecular weight excluding hydrogens is 384 g/mol. The van der Waals surface area contributed by atoms with E-state index in [1.54, 1.807) is 28.4 Å². The number of benzene rings is 1. The number of thiophene rings is 1. The first kappa shape index (κ1) is 18.2. The molecule has 0 bridgehead atoms. The molecule has 3 aromatic heterocycles. The highest BCUT2D eigenvalue weighted by Gasteiger charge is 2.23. The van der Waals surface area contributed by atoms with Crippen LogP contribution < -0.4 is 0 Å². The third-order valence-corrected chi connectivity index (χ3v) is 6.23. The van der Waals surface area contributed by atoms with Crippen molar-refractivity contribution in [3.8, 4) is 0 Å². The SMILES string of the molecule is CCCN1CCc2c(sc3ncn4nc(CON=Cc5ccccc5)nc4c23)C1. The number of oxime groups is 1. The van der Waals surface area contributed by atoms with Gasteiger partial charge in [-0.15, -0.1) is 16.4 Å². The molecule has 4 heterocycles. The Balaban J connectivity index is 1.39. The van der Waals surface area contributed by atoms with E-state index < -0.39 is 0 Å². The molecule has 8 heteroatoms. The Morgan fingerprint density at radius 1 is 1.28 bits per heavy atom. The van der Waals surface area contributed by atoms with Crippen LogP contribution in [0.2, 0.25) is 0 Å². The monoisotopic (exact) mass is 406 g/mol. The Labute approximate surface area is 172 Å². The fraction of sp³-hybridized carbons (Fsp3) is 0.333. The summed E-state index contributed by atoms with van der Waals surface area (Å²) in [5, 5.41) is 9.69. The van der Waals surface area contributed by atoms with E-state index in [4.69, 9.17) is 9.82 Å². The van der Waals surface area contributed by atoms with Gasteiger partial charge in [-0.2, -0.15) is 0 Å². The molecule has 1 aromatic carbocycles. The van der Waals surface area contributed by atoms with Gasteiger partial charge in [0.2, 0.25) is 0 Å². The molecule has 1 aliphatic rings. The zero-order valence-electron chi connectivity index (χ0n) is 16.3. The van der Waals surface area contributed by atoms with E-state index >= 15 is 0 Å². The van der Waals surface area contributed by atoms with E-state index in [2.05, 4.69) is 27.1 Å². The maximum Gasteiger partial charge on any atom is 0.192 e. The predicted octanol–water partition coefficient (Wildman–Crippen LogP) is 3.66.